The summed E-state index contributed by atoms with van der Waals surface area (Å²) < 4.78 is 74.9. The fourth-order valence-corrected chi connectivity index (χ4v) is 3.33. The van der Waals surface area contributed by atoms with Gasteiger partial charge in [-0.1, -0.05) is 23.2 Å². The normalized spacial score (nSPS) is 11.6. The molecule has 0 spiro atoms. The van der Waals surface area contributed by atoms with Crippen molar-refractivity contribution in [2.45, 2.75) is 25.3 Å². The smallest absolute Gasteiger partial charge is 0.406 e. The Hall–Kier alpha value is -3.45. The van der Waals surface area contributed by atoms with Gasteiger partial charge in [-0.15, -0.1) is 0 Å². The number of benzene rings is 2. The Kier molecular flexibility index (Phi) is 9.44. The summed E-state index contributed by atoms with van der Waals surface area (Å²) in [5.74, 6) is -3.03. The Morgan fingerprint density at radius 2 is 1.46 bits per heavy atom. The minimum absolute atomic E-state index is 0.0123. The molecule has 37 heavy (non-hydrogen) atoms. The standard InChI is InChI=1S/C11H9ClF3NO3.C11H7ClF3NO2/c12-7-1-3-8(4-2-7)16(6-11(13,14)15)9(17)5-10(18)19;12-6-1-2-8-7(3-6)9(17)4-10(18)16(8)5-11(13,14)15/h1-4H,5-6H2,(H,18,19);1-4,17H,5H2. The number of aliphatic carboxylic acids is 1. The quantitative estimate of drug-likeness (QED) is 0.305. The van der Waals surface area contributed by atoms with Crippen molar-refractivity contribution in [3.05, 3.63) is 68.9 Å². The maximum atomic E-state index is 12.4. The number of anilines is 1. The molecule has 15 heteroatoms. The van der Waals surface area contributed by atoms with Gasteiger partial charge >= 0.3 is 18.3 Å². The number of halogens is 8. The van der Waals surface area contributed by atoms with Crippen LogP contribution in [0.5, 0.6) is 5.75 Å². The number of carbonyl (C=O) groups is 2. The van der Waals surface area contributed by atoms with Crippen molar-refractivity contribution >= 4 is 51.7 Å². The zero-order valence-corrected chi connectivity index (χ0v) is 19.8. The van der Waals surface area contributed by atoms with Gasteiger partial charge in [-0.05, 0) is 42.5 Å². The summed E-state index contributed by atoms with van der Waals surface area (Å²) in [6.45, 7) is -2.97. The lowest BCUT2D eigenvalue weighted by molar-refractivity contribution is -0.143. The number of nitrogens with zero attached hydrogens (tertiary/aromatic N) is 2. The highest BCUT2D eigenvalue weighted by Gasteiger charge is 2.34. The van der Waals surface area contributed by atoms with Crippen LogP contribution in [-0.2, 0) is 16.1 Å². The minimum Gasteiger partial charge on any atom is -0.507 e. The molecule has 0 unspecified atom stereocenters. The van der Waals surface area contributed by atoms with Crippen molar-refractivity contribution < 1.29 is 46.1 Å². The van der Waals surface area contributed by atoms with Crippen LogP contribution in [-0.4, -0.2) is 45.6 Å². The largest absolute Gasteiger partial charge is 0.507 e. The molecule has 0 aliphatic carbocycles. The third-order valence-corrected chi connectivity index (χ3v) is 4.96. The van der Waals surface area contributed by atoms with Gasteiger partial charge in [-0.25, -0.2) is 0 Å². The van der Waals surface area contributed by atoms with Crippen LogP contribution in [0.1, 0.15) is 6.42 Å². The number of carbonyl (C=O) groups excluding carboxylic acids is 1. The summed E-state index contributed by atoms with van der Waals surface area (Å²) in [6.07, 6.45) is -10.2. The van der Waals surface area contributed by atoms with Crippen molar-refractivity contribution in [1.82, 2.24) is 4.57 Å². The molecule has 3 aromatic rings. The maximum absolute atomic E-state index is 12.4. The van der Waals surface area contributed by atoms with Crippen LogP contribution >= 0.6 is 23.2 Å². The van der Waals surface area contributed by atoms with Gasteiger partial charge in [0, 0.05) is 27.2 Å². The van der Waals surface area contributed by atoms with E-state index in [1.807, 2.05) is 0 Å². The monoisotopic (exact) mass is 572 g/mol. The molecule has 200 valence electrons. The van der Waals surface area contributed by atoms with E-state index in [4.69, 9.17) is 28.3 Å². The highest BCUT2D eigenvalue weighted by atomic mass is 35.5. The summed E-state index contributed by atoms with van der Waals surface area (Å²) in [5, 5.41) is 18.7. The average Bonchev–Trinajstić information content (AvgIpc) is 2.74. The second kappa shape index (κ2) is 11.7. The van der Waals surface area contributed by atoms with Gasteiger partial charge in [0.25, 0.3) is 5.56 Å². The number of hydrogen-bond donors (Lipinski definition) is 2. The molecule has 0 fully saturated rings. The van der Waals surface area contributed by atoms with Crippen LogP contribution in [0, 0.1) is 0 Å². The van der Waals surface area contributed by atoms with Gasteiger partial charge in [0.15, 0.2) is 0 Å². The number of hydrogen-bond acceptors (Lipinski definition) is 4. The summed E-state index contributed by atoms with van der Waals surface area (Å²) >= 11 is 11.3. The molecule has 0 saturated heterocycles. The van der Waals surface area contributed by atoms with Gasteiger partial charge in [0.05, 0.1) is 5.52 Å². The molecule has 2 aromatic carbocycles. The molecule has 1 heterocycles. The summed E-state index contributed by atoms with van der Waals surface area (Å²) in [4.78, 5) is 33.8. The zero-order valence-electron chi connectivity index (χ0n) is 18.3. The molecule has 0 radical (unpaired) electrons. The van der Waals surface area contributed by atoms with Gasteiger partial charge in [0.2, 0.25) is 5.91 Å². The molecule has 0 aliphatic rings. The van der Waals surface area contributed by atoms with Crippen LogP contribution in [0.4, 0.5) is 32.0 Å². The SMILES string of the molecule is O=C(O)CC(=O)N(CC(F)(F)F)c1ccc(Cl)cc1.O=c1cc(O)c2cc(Cl)ccc2n1CC(F)(F)F. The number of pyridine rings is 1. The first kappa shape index (κ1) is 29.8. The van der Waals surface area contributed by atoms with Gasteiger partial charge in [0.1, 0.15) is 25.3 Å². The first-order valence-electron chi connectivity index (χ1n) is 9.90. The number of carboxylic acid groups (broad SMARTS) is 1. The first-order chi connectivity index (χ1) is 17.0. The van der Waals surface area contributed by atoms with Gasteiger partial charge in [-0.3, -0.25) is 19.0 Å². The third kappa shape index (κ3) is 9.17. The van der Waals surface area contributed by atoms with E-state index in [1.54, 1.807) is 0 Å². The van der Waals surface area contributed by atoms with Crippen LogP contribution in [0.25, 0.3) is 10.9 Å². The van der Waals surface area contributed by atoms with E-state index in [2.05, 4.69) is 0 Å². The molecule has 3 rings (SSSR count). The van der Waals surface area contributed by atoms with Crippen molar-refractivity contribution in [3.8, 4) is 5.75 Å². The Balaban J connectivity index is 0.000000260. The van der Waals surface area contributed by atoms with E-state index in [1.165, 1.54) is 42.5 Å². The van der Waals surface area contributed by atoms with Crippen molar-refractivity contribution in [1.29, 1.82) is 0 Å². The molecular weight excluding hydrogens is 557 g/mol. The Morgan fingerprint density at radius 1 is 0.892 bits per heavy atom. The van der Waals surface area contributed by atoms with E-state index in [0.717, 1.165) is 6.07 Å². The number of carboxylic acids is 1. The molecule has 2 N–H and O–H groups in total. The van der Waals surface area contributed by atoms with E-state index in [9.17, 15) is 45.8 Å². The van der Waals surface area contributed by atoms with Crippen molar-refractivity contribution in [2.24, 2.45) is 0 Å². The molecule has 0 bridgehead atoms. The maximum Gasteiger partial charge on any atom is 0.406 e. The summed E-state index contributed by atoms with van der Waals surface area (Å²) in [5.41, 5.74) is -0.991. The van der Waals surface area contributed by atoms with Crippen molar-refractivity contribution in [2.75, 3.05) is 11.4 Å². The number of alkyl halides is 6. The second-order valence-corrected chi connectivity index (χ2v) is 8.25. The lowest BCUT2D eigenvalue weighted by Crippen LogP contribution is -2.39. The highest BCUT2D eigenvalue weighted by molar-refractivity contribution is 6.31. The Labute approximate surface area is 214 Å². The number of fused-ring (bicyclic) bond motifs is 1. The molecule has 0 saturated carbocycles. The lowest BCUT2D eigenvalue weighted by Gasteiger charge is -2.23. The number of aromatic hydroxyl groups is 1. The summed E-state index contributed by atoms with van der Waals surface area (Å²) in [7, 11) is 0. The second-order valence-electron chi connectivity index (χ2n) is 7.37. The fourth-order valence-electron chi connectivity index (χ4n) is 3.03. The predicted molar refractivity (Wildman–Crippen MR) is 123 cm³/mol. The molecule has 0 atom stereocenters. The van der Waals surface area contributed by atoms with E-state index in [-0.39, 0.29) is 21.6 Å². The van der Waals surface area contributed by atoms with Crippen molar-refractivity contribution in [3.63, 3.8) is 0 Å². The highest BCUT2D eigenvalue weighted by Crippen LogP contribution is 2.28. The van der Waals surface area contributed by atoms with Crippen LogP contribution < -0.4 is 10.5 Å². The predicted octanol–water partition coefficient (Wildman–Crippen LogP) is 5.63. The zero-order chi connectivity index (χ0) is 28.1. The topological polar surface area (TPSA) is 99.8 Å². The van der Waals surface area contributed by atoms with E-state index < -0.39 is 55.0 Å². The van der Waals surface area contributed by atoms with E-state index in [0.29, 0.717) is 14.5 Å². The third-order valence-electron chi connectivity index (χ3n) is 4.47. The number of aromatic nitrogens is 1. The molecule has 1 amide bonds. The molecular formula is C22H16Cl2F6N2O5. The molecule has 1 aromatic heterocycles. The molecule has 7 nitrogen and oxygen atoms in total. The minimum atomic E-state index is -4.63. The Morgan fingerprint density at radius 3 is 1.97 bits per heavy atom. The number of rotatable bonds is 5. The van der Waals surface area contributed by atoms with Gasteiger partial charge < -0.3 is 15.1 Å². The fraction of sp³-hybridized carbons (Fsp3) is 0.227. The van der Waals surface area contributed by atoms with Crippen LogP contribution in [0.2, 0.25) is 10.0 Å². The number of amides is 1. The van der Waals surface area contributed by atoms with Crippen LogP contribution in [0.3, 0.4) is 0 Å². The first-order valence-corrected chi connectivity index (χ1v) is 10.7. The Bertz CT molecular complexity index is 1340. The van der Waals surface area contributed by atoms with Crippen LogP contribution in [0.15, 0.2) is 53.3 Å². The average molecular weight is 573 g/mol. The summed E-state index contributed by atoms with van der Waals surface area (Å²) in [6, 6.07) is 9.73. The molecule has 0 aliphatic heterocycles. The van der Waals surface area contributed by atoms with Gasteiger partial charge in [-0.2, -0.15) is 26.3 Å². The van der Waals surface area contributed by atoms with E-state index >= 15 is 0 Å². The lowest BCUT2D eigenvalue weighted by atomic mass is 10.2.